The van der Waals surface area contributed by atoms with E-state index in [1.54, 1.807) is 14.2 Å². The van der Waals surface area contributed by atoms with Crippen molar-refractivity contribution in [2.75, 3.05) is 34.5 Å². The number of likely N-dealkylation sites (N-methyl/N-ethyl adjacent to an activating group) is 1. The van der Waals surface area contributed by atoms with E-state index in [-0.39, 0.29) is 6.04 Å². The molecule has 0 aliphatic carbocycles. The minimum atomic E-state index is 0.00930. The zero-order valence-electron chi connectivity index (χ0n) is 13.5. The molecule has 2 rings (SSSR count). The Kier molecular flexibility index (Phi) is 5.45. The molecule has 0 N–H and O–H groups in total. The molecular weight excluding hydrogens is 302 g/mol. The number of allylic oxidation sites excluding steroid dienone is 3. The summed E-state index contributed by atoms with van der Waals surface area (Å²) in [6.45, 7) is 7.12. The van der Waals surface area contributed by atoms with E-state index >= 15 is 0 Å². The number of ether oxygens (including phenoxy) is 2. The Balaban J connectivity index is 2.44. The fraction of sp³-hybridized carbons (Fsp3) is 0.438. The smallest absolute Gasteiger partial charge is 0.147 e. The molecule has 2 heterocycles. The molecule has 0 amide bonds. The van der Waals surface area contributed by atoms with Crippen molar-refractivity contribution in [3.05, 3.63) is 47.3 Å². The van der Waals surface area contributed by atoms with Gasteiger partial charge in [0.15, 0.2) is 0 Å². The Labute approximate surface area is 136 Å². The van der Waals surface area contributed by atoms with Crippen LogP contribution >= 0.6 is 11.6 Å². The number of nitrogens with zero attached hydrogens (tertiary/aromatic N) is 3. The van der Waals surface area contributed by atoms with Gasteiger partial charge in [-0.05, 0) is 18.6 Å². The largest absolute Gasteiger partial charge is 0.382 e. The number of rotatable bonds is 6. The van der Waals surface area contributed by atoms with Crippen molar-refractivity contribution in [2.45, 2.75) is 13.0 Å². The number of imidazole rings is 1. The minimum absolute atomic E-state index is 0.00930. The molecule has 0 spiro atoms. The molecule has 0 saturated carbocycles. The highest BCUT2D eigenvalue weighted by atomic mass is 35.5. The summed E-state index contributed by atoms with van der Waals surface area (Å²) < 4.78 is 12.6. The van der Waals surface area contributed by atoms with Crippen LogP contribution in [-0.4, -0.2) is 48.9 Å². The molecule has 1 aromatic heterocycles. The van der Waals surface area contributed by atoms with Gasteiger partial charge in [0.25, 0.3) is 0 Å². The molecule has 22 heavy (non-hydrogen) atoms. The van der Waals surface area contributed by atoms with Gasteiger partial charge in [0, 0.05) is 44.9 Å². The number of hydrogen-bond donors (Lipinski definition) is 0. The second kappa shape index (κ2) is 7.13. The summed E-state index contributed by atoms with van der Waals surface area (Å²) in [4.78, 5) is 6.45. The second-order valence-electron chi connectivity index (χ2n) is 5.33. The topological polar surface area (TPSA) is 39.5 Å². The SMILES string of the molecule is C=C1C(C)=CC(c2nc(Cl)cn2C(COC)COC)=CN1C. The Morgan fingerprint density at radius 2 is 1.95 bits per heavy atom. The maximum Gasteiger partial charge on any atom is 0.147 e. The van der Waals surface area contributed by atoms with Crippen molar-refractivity contribution in [1.82, 2.24) is 14.5 Å². The van der Waals surface area contributed by atoms with Crippen molar-refractivity contribution in [3.8, 4) is 0 Å². The highest BCUT2D eigenvalue weighted by molar-refractivity contribution is 6.29. The molecule has 120 valence electrons. The fourth-order valence-electron chi connectivity index (χ4n) is 2.49. The van der Waals surface area contributed by atoms with Crippen LogP contribution in [0.5, 0.6) is 0 Å². The second-order valence-corrected chi connectivity index (χ2v) is 5.72. The van der Waals surface area contributed by atoms with Gasteiger partial charge in [0.05, 0.1) is 19.3 Å². The van der Waals surface area contributed by atoms with E-state index in [0.717, 1.165) is 22.7 Å². The molecule has 0 bridgehead atoms. The van der Waals surface area contributed by atoms with Crippen molar-refractivity contribution >= 4 is 17.2 Å². The molecule has 0 aromatic carbocycles. The maximum atomic E-state index is 6.14. The predicted molar refractivity (Wildman–Crippen MR) is 88.7 cm³/mol. The van der Waals surface area contributed by atoms with Gasteiger partial charge < -0.3 is 18.9 Å². The summed E-state index contributed by atoms with van der Waals surface area (Å²) in [6, 6.07) is 0.00930. The van der Waals surface area contributed by atoms with Crippen molar-refractivity contribution in [2.24, 2.45) is 0 Å². The van der Waals surface area contributed by atoms with Crippen LogP contribution in [0.25, 0.3) is 5.57 Å². The quantitative estimate of drug-likeness (QED) is 0.806. The average molecular weight is 324 g/mol. The van der Waals surface area contributed by atoms with Gasteiger partial charge >= 0.3 is 0 Å². The van der Waals surface area contributed by atoms with E-state index in [0.29, 0.717) is 18.4 Å². The molecule has 0 saturated heterocycles. The van der Waals surface area contributed by atoms with Crippen LogP contribution in [0.1, 0.15) is 18.8 Å². The minimum Gasteiger partial charge on any atom is -0.382 e. The number of methoxy groups -OCH3 is 2. The van der Waals surface area contributed by atoms with E-state index in [9.17, 15) is 0 Å². The maximum absolute atomic E-state index is 6.14. The molecular formula is C16H22ClN3O2. The molecule has 5 nitrogen and oxygen atoms in total. The van der Waals surface area contributed by atoms with E-state index in [4.69, 9.17) is 21.1 Å². The number of aromatic nitrogens is 2. The molecule has 0 atom stereocenters. The van der Waals surface area contributed by atoms with E-state index in [1.165, 1.54) is 0 Å². The summed E-state index contributed by atoms with van der Waals surface area (Å²) in [6.07, 6.45) is 5.88. The van der Waals surface area contributed by atoms with Crippen LogP contribution in [0.4, 0.5) is 0 Å². The molecule has 1 aliphatic heterocycles. The first-order chi connectivity index (χ1) is 10.5. The third-order valence-electron chi connectivity index (χ3n) is 3.66. The third kappa shape index (κ3) is 3.43. The first kappa shape index (κ1) is 16.8. The van der Waals surface area contributed by atoms with E-state index < -0.39 is 0 Å². The van der Waals surface area contributed by atoms with Crippen LogP contribution in [0.15, 0.2) is 36.3 Å². The van der Waals surface area contributed by atoms with Crippen LogP contribution in [-0.2, 0) is 9.47 Å². The summed E-state index contributed by atoms with van der Waals surface area (Å²) in [7, 11) is 5.31. The Morgan fingerprint density at radius 1 is 1.32 bits per heavy atom. The Bertz CT molecular complexity index is 613. The molecule has 0 unspecified atom stereocenters. The molecule has 1 aromatic rings. The summed E-state index contributed by atoms with van der Waals surface area (Å²) >= 11 is 6.14. The van der Waals surface area contributed by atoms with Gasteiger partial charge in [-0.2, -0.15) is 0 Å². The predicted octanol–water partition coefficient (Wildman–Crippen LogP) is 3.12. The molecule has 6 heteroatoms. The number of hydrogen-bond acceptors (Lipinski definition) is 4. The zero-order valence-corrected chi connectivity index (χ0v) is 14.2. The summed E-state index contributed by atoms with van der Waals surface area (Å²) in [5.74, 6) is 0.794. The Hall–Kier alpha value is -1.56. The van der Waals surface area contributed by atoms with E-state index in [2.05, 4.69) is 17.6 Å². The summed E-state index contributed by atoms with van der Waals surface area (Å²) in [5.41, 5.74) is 3.05. The lowest BCUT2D eigenvalue weighted by Crippen LogP contribution is -2.22. The number of halogens is 1. The van der Waals surface area contributed by atoms with Crippen LogP contribution in [0, 0.1) is 0 Å². The lowest BCUT2D eigenvalue weighted by molar-refractivity contribution is 0.0891. The first-order valence-corrected chi connectivity index (χ1v) is 7.40. The monoisotopic (exact) mass is 323 g/mol. The Morgan fingerprint density at radius 3 is 2.50 bits per heavy atom. The van der Waals surface area contributed by atoms with Gasteiger partial charge in [-0.3, -0.25) is 0 Å². The standard InChI is InChI=1S/C16H22ClN3O2/c1-11-6-13(7-19(3)12(11)2)16-18-15(17)8-20(16)14(9-21-4)10-22-5/h6-8,14H,2,9-10H2,1,3-5H3. The van der Waals surface area contributed by atoms with Crippen LogP contribution < -0.4 is 0 Å². The highest BCUT2D eigenvalue weighted by Crippen LogP contribution is 2.29. The fourth-order valence-corrected chi connectivity index (χ4v) is 2.68. The van der Waals surface area contributed by atoms with Gasteiger partial charge in [0.1, 0.15) is 11.0 Å². The van der Waals surface area contributed by atoms with Crippen molar-refractivity contribution in [1.29, 1.82) is 0 Å². The molecule has 0 fully saturated rings. The van der Waals surface area contributed by atoms with Gasteiger partial charge in [-0.25, -0.2) is 4.98 Å². The third-order valence-corrected chi connectivity index (χ3v) is 3.84. The molecule has 0 radical (unpaired) electrons. The first-order valence-electron chi connectivity index (χ1n) is 7.02. The van der Waals surface area contributed by atoms with Gasteiger partial charge in [-0.15, -0.1) is 0 Å². The van der Waals surface area contributed by atoms with Gasteiger partial charge in [-0.1, -0.05) is 18.2 Å². The summed E-state index contributed by atoms with van der Waals surface area (Å²) in [5, 5.41) is 0.450. The normalized spacial score (nSPS) is 15.4. The average Bonchev–Trinajstić information content (AvgIpc) is 2.86. The van der Waals surface area contributed by atoms with Crippen molar-refractivity contribution < 1.29 is 9.47 Å². The molecule has 1 aliphatic rings. The van der Waals surface area contributed by atoms with Crippen LogP contribution in [0.2, 0.25) is 5.15 Å². The lowest BCUT2D eigenvalue weighted by Gasteiger charge is -2.25. The van der Waals surface area contributed by atoms with E-state index in [1.807, 2.05) is 35.8 Å². The van der Waals surface area contributed by atoms with Gasteiger partial charge in [0.2, 0.25) is 0 Å². The van der Waals surface area contributed by atoms with Crippen LogP contribution in [0.3, 0.4) is 0 Å². The van der Waals surface area contributed by atoms with Crippen molar-refractivity contribution in [3.63, 3.8) is 0 Å². The lowest BCUT2D eigenvalue weighted by atomic mass is 10.1. The zero-order chi connectivity index (χ0) is 16.3. The highest BCUT2D eigenvalue weighted by Gasteiger charge is 2.21.